The quantitative estimate of drug-likeness (QED) is 0.681. The van der Waals surface area contributed by atoms with Crippen molar-refractivity contribution in [2.45, 2.75) is 25.3 Å². The van der Waals surface area contributed by atoms with E-state index in [1.54, 1.807) is 11.8 Å². The summed E-state index contributed by atoms with van der Waals surface area (Å²) in [6, 6.07) is 0. The Balaban J connectivity index is 2.91. The molecule has 0 fully saturated rings. The van der Waals surface area contributed by atoms with Crippen LogP contribution in [-0.2, 0) is 16.2 Å². The number of hydrogen-bond acceptors (Lipinski definition) is 4. The molecule has 74 valence electrons. The number of tetrazole rings is 1. The number of aromatic nitrogens is 4. The Kier molecular flexibility index (Phi) is 3.22. The van der Waals surface area contributed by atoms with Crippen LogP contribution in [0.3, 0.4) is 0 Å². The second kappa shape index (κ2) is 4.02. The third-order valence-corrected chi connectivity index (χ3v) is 1.96. The summed E-state index contributed by atoms with van der Waals surface area (Å²) in [5.41, 5.74) is -0.261. The highest BCUT2D eigenvalue weighted by Crippen LogP contribution is 2.15. The van der Waals surface area contributed by atoms with Gasteiger partial charge in [0.05, 0.1) is 18.0 Å². The molecule has 0 aliphatic carbocycles. The summed E-state index contributed by atoms with van der Waals surface area (Å²) in [5, 5.41) is 11.2. The molecular weight excluding hydrogens is 192 g/mol. The van der Waals surface area contributed by atoms with E-state index in [9.17, 15) is 0 Å². The van der Waals surface area contributed by atoms with Gasteiger partial charge in [-0.3, -0.25) is 0 Å². The lowest BCUT2D eigenvalue weighted by Crippen LogP contribution is -2.34. The standard InChI is InChI=1S/C7H13ClN4O/c1-7(2,5-13-3)12-6(4-8)9-10-11-12/h4-5H2,1-3H3. The third kappa shape index (κ3) is 2.16. The van der Waals surface area contributed by atoms with Gasteiger partial charge in [-0.1, -0.05) is 0 Å². The van der Waals surface area contributed by atoms with Gasteiger partial charge in [0.2, 0.25) is 0 Å². The Bertz CT molecular complexity index is 273. The van der Waals surface area contributed by atoms with Gasteiger partial charge in [-0.25, -0.2) is 4.68 Å². The van der Waals surface area contributed by atoms with Gasteiger partial charge in [0, 0.05) is 7.11 Å². The van der Waals surface area contributed by atoms with E-state index in [0.29, 0.717) is 18.3 Å². The number of methoxy groups -OCH3 is 1. The van der Waals surface area contributed by atoms with Gasteiger partial charge in [0.1, 0.15) is 0 Å². The molecule has 1 rings (SSSR count). The smallest absolute Gasteiger partial charge is 0.166 e. The first kappa shape index (κ1) is 10.4. The molecule has 6 heteroatoms. The number of hydrogen-bond donors (Lipinski definition) is 0. The predicted molar refractivity (Wildman–Crippen MR) is 48.6 cm³/mol. The Hall–Kier alpha value is -0.680. The summed E-state index contributed by atoms with van der Waals surface area (Å²) in [6.07, 6.45) is 0. The van der Waals surface area contributed by atoms with Gasteiger partial charge in [0.15, 0.2) is 5.82 Å². The maximum atomic E-state index is 5.68. The maximum absolute atomic E-state index is 5.68. The second-order valence-corrected chi connectivity index (χ2v) is 3.65. The average molecular weight is 205 g/mol. The lowest BCUT2D eigenvalue weighted by atomic mass is 10.1. The number of halogens is 1. The number of ether oxygens (including phenoxy) is 1. The molecule has 13 heavy (non-hydrogen) atoms. The molecule has 0 saturated carbocycles. The summed E-state index contributed by atoms with van der Waals surface area (Å²) in [4.78, 5) is 0. The zero-order valence-electron chi connectivity index (χ0n) is 7.99. The van der Waals surface area contributed by atoms with E-state index in [1.807, 2.05) is 13.8 Å². The fourth-order valence-corrected chi connectivity index (χ4v) is 1.34. The second-order valence-electron chi connectivity index (χ2n) is 3.39. The van der Waals surface area contributed by atoms with Crippen molar-refractivity contribution >= 4 is 11.6 Å². The minimum Gasteiger partial charge on any atom is -0.382 e. The SMILES string of the molecule is COCC(C)(C)n1nnnc1CCl. The number of nitrogens with zero attached hydrogens (tertiary/aromatic N) is 4. The summed E-state index contributed by atoms with van der Waals surface area (Å²) in [5.74, 6) is 0.962. The molecule has 1 heterocycles. The highest BCUT2D eigenvalue weighted by molar-refractivity contribution is 6.16. The van der Waals surface area contributed by atoms with Crippen molar-refractivity contribution in [2.75, 3.05) is 13.7 Å². The van der Waals surface area contributed by atoms with Crippen LogP contribution in [0.1, 0.15) is 19.7 Å². The highest BCUT2D eigenvalue weighted by Gasteiger charge is 2.24. The first-order valence-electron chi connectivity index (χ1n) is 3.94. The summed E-state index contributed by atoms with van der Waals surface area (Å²) in [7, 11) is 1.65. The molecule has 0 spiro atoms. The van der Waals surface area contributed by atoms with E-state index in [0.717, 1.165) is 0 Å². The van der Waals surface area contributed by atoms with Crippen LogP contribution < -0.4 is 0 Å². The van der Waals surface area contributed by atoms with Gasteiger partial charge < -0.3 is 4.74 Å². The van der Waals surface area contributed by atoms with E-state index in [2.05, 4.69) is 15.5 Å². The Morgan fingerprint density at radius 3 is 2.77 bits per heavy atom. The fraction of sp³-hybridized carbons (Fsp3) is 0.857. The topological polar surface area (TPSA) is 52.8 Å². The average Bonchev–Trinajstić information content (AvgIpc) is 2.51. The predicted octanol–water partition coefficient (Wildman–Crippen LogP) is 0.793. The zero-order valence-corrected chi connectivity index (χ0v) is 8.75. The first-order chi connectivity index (χ1) is 6.11. The van der Waals surface area contributed by atoms with Crippen LogP contribution in [-0.4, -0.2) is 33.9 Å². The van der Waals surface area contributed by atoms with Crippen LogP contribution >= 0.6 is 11.6 Å². The molecule has 1 aromatic rings. The van der Waals surface area contributed by atoms with Crippen LogP contribution in [0, 0.1) is 0 Å². The molecule has 0 aliphatic heterocycles. The summed E-state index contributed by atoms with van der Waals surface area (Å²) < 4.78 is 6.75. The maximum Gasteiger partial charge on any atom is 0.166 e. The van der Waals surface area contributed by atoms with Gasteiger partial charge in [0.25, 0.3) is 0 Å². The van der Waals surface area contributed by atoms with Gasteiger partial charge >= 0.3 is 0 Å². The molecule has 0 saturated heterocycles. The largest absolute Gasteiger partial charge is 0.382 e. The first-order valence-corrected chi connectivity index (χ1v) is 4.48. The minimum atomic E-state index is -0.261. The number of rotatable bonds is 4. The van der Waals surface area contributed by atoms with Crippen molar-refractivity contribution in [1.82, 2.24) is 20.2 Å². The van der Waals surface area contributed by atoms with Crippen molar-refractivity contribution in [3.05, 3.63) is 5.82 Å². The van der Waals surface area contributed by atoms with Crippen molar-refractivity contribution in [2.24, 2.45) is 0 Å². The monoisotopic (exact) mass is 204 g/mol. The number of alkyl halides is 1. The molecule has 0 atom stereocenters. The van der Waals surface area contributed by atoms with Crippen LogP contribution in [0.15, 0.2) is 0 Å². The lowest BCUT2D eigenvalue weighted by Gasteiger charge is -2.24. The molecule has 0 radical (unpaired) electrons. The third-order valence-electron chi connectivity index (χ3n) is 1.72. The van der Waals surface area contributed by atoms with Crippen molar-refractivity contribution in [3.8, 4) is 0 Å². The van der Waals surface area contributed by atoms with E-state index < -0.39 is 0 Å². The summed E-state index contributed by atoms with van der Waals surface area (Å²) >= 11 is 5.68. The zero-order chi connectivity index (χ0) is 9.90. The van der Waals surface area contributed by atoms with E-state index in [-0.39, 0.29) is 5.54 Å². The van der Waals surface area contributed by atoms with E-state index in [1.165, 1.54) is 0 Å². The molecule has 0 N–H and O–H groups in total. The Morgan fingerprint density at radius 1 is 1.54 bits per heavy atom. The van der Waals surface area contributed by atoms with Crippen molar-refractivity contribution in [1.29, 1.82) is 0 Å². The molecule has 0 unspecified atom stereocenters. The summed E-state index contributed by atoms with van der Waals surface area (Å²) in [6.45, 7) is 4.52. The normalized spacial score (nSPS) is 12.0. The minimum absolute atomic E-state index is 0.261. The van der Waals surface area contributed by atoms with Gasteiger partial charge in [-0.15, -0.1) is 16.7 Å². The molecule has 0 aliphatic rings. The van der Waals surface area contributed by atoms with Crippen LogP contribution in [0.4, 0.5) is 0 Å². The molecule has 5 nitrogen and oxygen atoms in total. The van der Waals surface area contributed by atoms with Gasteiger partial charge in [-0.05, 0) is 24.3 Å². The fourth-order valence-electron chi connectivity index (χ4n) is 1.17. The van der Waals surface area contributed by atoms with Crippen LogP contribution in [0.25, 0.3) is 0 Å². The van der Waals surface area contributed by atoms with E-state index in [4.69, 9.17) is 16.3 Å². The van der Waals surface area contributed by atoms with Crippen molar-refractivity contribution in [3.63, 3.8) is 0 Å². The Morgan fingerprint density at radius 2 is 2.23 bits per heavy atom. The molecule has 1 aromatic heterocycles. The van der Waals surface area contributed by atoms with Crippen LogP contribution in [0.5, 0.6) is 0 Å². The molecule has 0 aromatic carbocycles. The highest BCUT2D eigenvalue weighted by atomic mass is 35.5. The van der Waals surface area contributed by atoms with Crippen LogP contribution in [0.2, 0.25) is 0 Å². The Labute approximate surface area is 82.0 Å². The molecule has 0 amide bonds. The molecular formula is C7H13ClN4O. The van der Waals surface area contributed by atoms with Crippen molar-refractivity contribution < 1.29 is 4.74 Å². The molecule has 0 bridgehead atoms. The lowest BCUT2D eigenvalue weighted by molar-refractivity contribution is 0.0983. The van der Waals surface area contributed by atoms with E-state index >= 15 is 0 Å². The van der Waals surface area contributed by atoms with Gasteiger partial charge in [-0.2, -0.15) is 0 Å².